The molecule has 3 aromatic rings. The molecule has 1 aromatic heterocycles. The fourth-order valence-corrected chi connectivity index (χ4v) is 5.42. The Labute approximate surface area is 189 Å². The van der Waals surface area contributed by atoms with Crippen LogP contribution in [0.5, 0.6) is 0 Å². The number of likely N-dealkylation sites (tertiary alicyclic amines) is 1. The number of H-pyrrole nitrogens is 1. The molecule has 2 fully saturated rings. The minimum atomic E-state index is -1.04. The van der Waals surface area contributed by atoms with Gasteiger partial charge in [0.2, 0.25) is 0 Å². The average molecular weight is 453 g/mol. The molecule has 0 bridgehead atoms. The highest BCUT2D eigenvalue weighted by Crippen LogP contribution is 2.43. The lowest BCUT2D eigenvalue weighted by Crippen LogP contribution is -2.72. The molecule has 1 unspecified atom stereocenters. The SMILES string of the molecule is NC(=O)[N+]1(c2ccccc2)CNC(=O)C12CCN(C(=O)c1c[nH]c3cc(Cl)ccc13)CC2. The van der Waals surface area contributed by atoms with Gasteiger partial charge in [0.05, 0.1) is 5.56 Å². The quantitative estimate of drug-likeness (QED) is 0.520. The van der Waals surface area contributed by atoms with Crippen LogP contribution in [0.2, 0.25) is 5.02 Å². The zero-order valence-corrected chi connectivity index (χ0v) is 18.1. The maximum absolute atomic E-state index is 13.3. The minimum absolute atomic E-state index is 0.106. The van der Waals surface area contributed by atoms with Crippen LogP contribution >= 0.6 is 11.6 Å². The van der Waals surface area contributed by atoms with Crippen LogP contribution in [0.15, 0.2) is 54.7 Å². The molecule has 32 heavy (non-hydrogen) atoms. The molecule has 2 aliphatic rings. The highest BCUT2D eigenvalue weighted by molar-refractivity contribution is 6.31. The third kappa shape index (κ3) is 2.76. The van der Waals surface area contributed by atoms with E-state index in [2.05, 4.69) is 10.3 Å². The van der Waals surface area contributed by atoms with Gasteiger partial charge in [-0.1, -0.05) is 35.9 Å². The van der Waals surface area contributed by atoms with E-state index in [4.69, 9.17) is 17.3 Å². The molecule has 2 aliphatic heterocycles. The number of aromatic nitrogens is 1. The number of piperidine rings is 1. The van der Waals surface area contributed by atoms with Gasteiger partial charge in [-0.25, -0.2) is 4.79 Å². The summed E-state index contributed by atoms with van der Waals surface area (Å²) >= 11 is 6.05. The van der Waals surface area contributed by atoms with Crippen LogP contribution in [-0.4, -0.2) is 53.0 Å². The van der Waals surface area contributed by atoms with E-state index in [1.165, 1.54) is 0 Å². The van der Waals surface area contributed by atoms with Gasteiger partial charge >= 0.3 is 6.03 Å². The van der Waals surface area contributed by atoms with E-state index in [9.17, 15) is 14.4 Å². The molecule has 1 atom stereocenters. The smallest absolute Gasteiger partial charge is 0.360 e. The normalized spacial score (nSPS) is 22.3. The lowest BCUT2D eigenvalue weighted by atomic mass is 9.83. The number of hydrogen-bond acceptors (Lipinski definition) is 3. The largest absolute Gasteiger partial charge is 0.421 e. The molecule has 5 rings (SSSR count). The number of carbonyl (C=O) groups is 3. The number of halogens is 1. The highest BCUT2D eigenvalue weighted by atomic mass is 35.5. The fraction of sp³-hybridized carbons (Fsp3) is 0.261. The molecular formula is C23H23ClN5O3+. The third-order valence-electron chi connectivity index (χ3n) is 6.96. The number of aromatic amines is 1. The molecule has 9 heteroatoms. The summed E-state index contributed by atoms with van der Waals surface area (Å²) < 4.78 is -0.277. The molecule has 3 heterocycles. The van der Waals surface area contributed by atoms with E-state index in [-0.39, 0.29) is 23.0 Å². The standard InChI is InChI=1S/C23H22ClN5O3/c24-15-6-7-17-18(13-26-19(17)12-15)20(30)28-10-8-23(9-11-28)21(31)27-14-29(23,22(25)32)16-4-2-1-3-5-16/h1-7,12-13H,8-11,14H2,(H3-,25,26,27,30,31,32)/p+1. The first-order valence-corrected chi connectivity index (χ1v) is 10.8. The van der Waals surface area contributed by atoms with E-state index in [1.54, 1.807) is 23.2 Å². The Morgan fingerprint density at radius 2 is 1.81 bits per heavy atom. The van der Waals surface area contributed by atoms with Crippen LogP contribution in [0.4, 0.5) is 10.5 Å². The van der Waals surface area contributed by atoms with Crippen molar-refractivity contribution < 1.29 is 14.4 Å². The monoisotopic (exact) mass is 452 g/mol. The summed E-state index contributed by atoms with van der Waals surface area (Å²) in [6, 6.07) is 13.9. The topological polar surface area (TPSA) is 108 Å². The van der Waals surface area contributed by atoms with Crippen molar-refractivity contribution >= 4 is 46.0 Å². The van der Waals surface area contributed by atoms with Crippen LogP contribution in [0, 0.1) is 0 Å². The summed E-state index contributed by atoms with van der Waals surface area (Å²) in [5, 5.41) is 4.25. The molecule has 0 saturated carbocycles. The molecule has 0 aliphatic carbocycles. The maximum atomic E-state index is 13.3. The first-order chi connectivity index (χ1) is 15.4. The molecule has 4 amide bonds. The number of carbonyl (C=O) groups excluding carboxylic acids is 3. The Morgan fingerprint density at radius 1 is 1.09 bits per heavy atom. The third-order valence-corrected chi connectivity index (χ3v) is 7.19. The van der Waals surface area contributed by atoms with Crippen LogP contribution in [0.3, 0.4) is 0 Å². The Hall–Kier alpha value is -3.36. The first-order valence-electron chi connectivity index (χ1n) is 10.5. The Morgan fingerprint density at radius 3 is 2.50 bits per heavy atom. The summed E-state index contributed by atoms with van der Waals surface area (Å²) in [6.07, 6.45) is 2.34. The van der Waals surface area contributed by atoms with Gasteiger partial charge in [0, 0.05) is 48.1 Å². The molecule has 1 spiro atoms. The maximum Gasteiger partial charge on any atom is 0.421 e. The van der Waals surface area contributed by atoms with Crippen LogP contribution in [0.1, 0.15) is 23.2 Å². The van der Waals surface area contributed by atoms with Crippen LogP contribution in [-0.2, 0) is 4.79 Å². The van der Waals surface area contributed by atoms with Crippen LogP contribution in [0.25, 0.3) is 10.9 Å². The van der Waals surface area contributed by atoms with E-state index in [0.29, 0.717) is 42.2 Å². The first kappa shape index (κ1) is 20.5. The number of hydrogen-bond donors (Lipinski definition) is 3. The summed E-state index contributed by atoms with van der Waals surface area (Å²) in [5.74, 6) is -0.322. The highest BCUT2D eigenvalue weighted by Gasteiger charge is 2.67. The van der Waals surface area contributed by atoms with Crippen molar-refractivity contribution in [1.29, 1.82) is 0 Å². The van der Waals surface area contributed by atoms with Crippen molar-refractivity contribution in [2.75, 3.05) is 19.8 Å². The van der Waals surface area contributed by atoms with Crippen molar-refractivity contribution in [3.05, 3.63) is 65.3 Å². The van der Waals surface area contributed by atoms with Gasteiger partial charge in [0.25, 0.3) is 11.8 Å². The number of para-hydroxylation sites is 1. The second-order valence-electron chi connectivity index (χ2n) is 8.36. The van der Waals surface area contributed by atoms with Gasteiger partial charge in [0.1, 0.15) is 5.69 Å². The van der Waals surface area contributed by atoms with Gasteiger partial charge in [-0.15, -0.1) is 0 Å². The van der Waals surface area contributed by atoms with E-state index < -0.39 is 11.6 Å². The molecule has 2 saturated heterocycles. The Bertz CT molecular complexity index is 1230. The van der Waals surface area contributed by atoms with Gasteiger partial charge in [-0.2, -0.15) is 4.48 Å². The lowest BCUT2D eigenvalue weighted by Gasteiger charge is -2.46. The van der Waals surface area contributed by atoms with Crippen molar-refractivity contribution in [3.63, 3.8) is 0 Å². The molecule has 4 N–H and O–H groups in total. The van der Waals surface area contributed by atoms with E-state index in [0.717, 1.165) is 10.9 Å². The number of nitrogens with one attached hydrogen (secondary N) is 2. The second-order valence-corrected chi connectivity index (χ2v) is 8.80. The number of nitrogens with zero attached hydrogens (tertiary/aromatic N) is 2. The Balaban J connectivity index is 1.46. The Kier molecular flexibility index (Phi) is 4.72. The predicted molar refractivity (Wildman–Crippen MR) is 122 cm³/mol. The summed E-state index contributed by atoms with van der Waals surface area (Å²) in [4.78, 5) is 44.0. The van der Waals surface area contributed by atoms with Gasteiger partial charge in [-0.3, -0.25) is 9.59 Å². The van der Waals surface area contributed by atoms with Crippen molar-refractivity contribution in [2.45, 2.75) is 18.4 Å². The summed E-state index contributed by atoms with van der Waals surface area (Å²) in [5.41, 5.74) is 6.90. The zero-order chi connectivity index (χ0) is 22.5. The number of amides is 4. The van der Waals surface area contributed by atoms with Crippen LogP contribution < -0.4 is 15.5 Å². The molecule has 2 aromatic carbocycles. The number of quaternary nitrogens is 1. The number of rotatable bonds is 2. The lowest BCUT2D eigenvalue weighted by molar-refractivity contribution is -0.127. The van der Waals surface area contributed by atoms with E-state index >= 15 is 0 Å². The number of primary amides is 1. The van der Waals surface area contributed by atoms with Crippen molar-refractivity contribution in [2.24, 2.45) is 5.73 Å². The average Bonchev–Trinajstić information content (AvgIpc) is 3.34. The second kappa shape index (κ2) is 7.36. The number of benzene rings is 2. The van der Waals surface area contributed by atoms with E-state index in [1.807, 2.05) is 36.4 Å². The number of nitrogens with two attached hydrogens (primary N) is 1. The van der Waals surface area contributed by atoms with Gasteiger partial charge < -0.3 is 20.9 Å². The van der Waals surface area contributed by atoms with Gasteiger partial charge in [-0.05, 0) is 24.3 Å². The van der Waals surface area contributed by atoms with Crippen molar-refractivity contribution in [3.8, 4) is 0 Å². The fourth-order valence-electron chi connectivity index (χ4n) is 5.25. The summed E-state index contributed by atoms with van der Waals surface area (Å²) in [6.45, 7) is 0.786. The molecular weight excluding hydrogens is 430 g/mol. The summed E-state index contributed by atoms with van der Waals surface area (Å²) in [7, 11) is 0. The number of fused-ring (bicyclic) bond motifs is 1. The number of urea groups is 1. The predicted octanol–water partition coefficient (Wildman–Crippen LogP) is 2.97. The molecule has 164 valence electrons. The zero-order valence-electron chi connectivity index (χ0n) is 17.3. The molecule has 0 radical (unpaired) electrons. The minimum Gasteiger partial charge on any atom is -0.360 e. The van der Waals surface area contributed by atoms with Crippen molar-refractivity contribution in [1.82, 2.24) is 19.7 Å². The molecule has 8 nitrogen and oxygen atoms in total. The van der Waals surface area contributed by atoms with Gasteiger partial charge in [0.15, 0.2) is 12.2 Å².